The Kier molecular flexibility index (Phi) is 4.68. The monoisotopic (exact) mass is 274 g/mol. The highest BCUT2D eigenvalue weighted by molar-refractivity contribution is 7.14. The summed E-state index contributed by atoms with van der Waals surface area (Å²) in [5.74, 6) is 0.0879. The third kappa shape index (κ3) is 3.64. The van der Waals surface area contributed by atoms with Gasteiger partial charge in [-0.3, -0.25) is 4.79 Å². The number of thiazole rings is 1. The number of carbonyl (C=O) groups is 1. The maximum Gasteiger partial charge on any atom is 0.228 e. The molecule has 0 fully saturated rings. The molecule has 1 aromatic carbocycles. The summed E-state index contributed by atoms with van der Waals surface area (Å²) in [6.45, 7) is 4.03. The Hall–Kier alpha value is -1.68. The minimum absolute atomic E-state index is 0.0362. The van der Waals surface area contributed by atoms with Crippen molar-refractivity contribution in [1.82, 2.24) is 4.98 Å². The Bertz CT molecular complexity index is 536. The molecule has 0 aliphatic heterocycles. The van der Waals surface area contributed by atoms with E-state index in [2.05, 4.69) is 17.2 Å². The number of benzene rings is 1. The highest BCUT2D eigenvalue weighted by Crippen LogP contribution is 2.25. The first-order chi connectivity index (χ1) is 9.20. The van der Waals surface area contributed by atoms with Crippen LogP contribution < -0.4 is 5.32 Å². The molecule has 1 atom stereocenters. The number of aromatic nitrogens is 1. The number of carbonyl (C=O) groups excluding carboxylic acids is 1. The van der Waals surface area contributed by atoms with E-state index in [-0.39, 0.29) is 11.8 Å². The molecule has 0 saturated carbocycles. The third-order valence-corrected chi connectivity index (χ3v) is 3.73. The lowest BCUT2D eigenvalue weighted by Gasteiger charge is -2.08. The fourth-order valence-electron chi connectivity index (χ4n) is 1.87. The maximum absolute atomic E-state index is 11.9. The van der Waals surface area contributed by atoms with Crippen LogP contribution in [0.2, 0.25) is 0 Å². The molecule has 1 aromatic heterocycles. The smallest absolute Gasteiger partial charge is 0.228 e. The van der Waals surface area contributed by atoms with Crippen molar-refractivity contribution in [3.8, 4) is 11.3 Å². The van der Waals surface area contributed by atoms with Crippen LogP contribution >= 0.6 is 11.3 Å². The lowest BCUT2D eigenvalue weighted by atomic mass is 10.1. The van der Waals surface area contributed by atoms with Crippen molar-refractivity contribution in [3.05, 3.63) is 35.7 Å². The average Bonchev–Trinajstić information content (AvgIpc) is 2.88. The molecule has 0 aliphatic carbocycles. The van der Waals surface area contributed by atoms with Gasteiger partial charge in [0.25, 0.3) is 0 Å². The van der Waals surface area contributed by atoms with Crippen molar-refractivity contribution >= 4 is 22.4 Å². The van der Waals surface area contributed by atoms with Gasteiger partial charge >= 0.3 is 0 Å². The second-order valence-electron chi connectivity index (χ2n) is 4.58. The number of nitrogens with zero attached hydrogens (tertiary/aromatic N) is 1. The molecule has 2 aromatic rings. The molecular formula is C15H18N2OS. The lowest BCUT2D eigenvalue weighted by molar-refractivity contribution is -0.119. The largest absolute Gasteiger partial charge is 0.302 e. The van der Waals surface area contributed by atoms with E-state index in [1.807, 2.05) is 42.6 Å². The Morgan fingerprint density at radius 1 is 1.37 bits per heavy atom. The molecule has 0 unspecified atom stereocenters. The van der Waals surface area contributed by atoms with Crippen molar-refractivity contribution in [3.63, 3.8) is 0 Å². The normalized spacial score (nSPS) is 12.1. The molecule has 4 heteroatoms. The van der Waals surface area contributed by atoms with E-state index < -0.39 is 0 Å². The number of anilines is 1. The molecule has 1 amide bonds. The SMILES string of the molecule is CCC[C@H](C)C(=O)Nc1nc(-c2ccccc2)cs1. The fraction of sp³-hybridized carbons (Fsp3) is 0.333. The predicted octanol–water partition coefficient (Wildman–Crippen LogP) is 4.18. The zero-order chi connectivity index (χ0) is 13.7. The Morgan fingerprint density at radius 2 is 2.11 bits per heavy atom. The molecule has 1 heterocycles. The van der Waals surface area contributed by atoms with Crippen LogP contribution in [0.25, 0.3) is 11.3 Å². The molecule has 0 saturated heterocycles. The molecule has 2 rings (SSSR count). The van der Waals surface area contributed by atoms with Crippen molar-refractivity contribution in [2.24, 2.45) is 5.92 Å². The van der Waals surface area contributed by atoms with Crippen molar-refractivity contribution < 1.29 is 4.79 Å². The van der Waals surface area contributed by atoms with E-state index >= 15 is 0 Å². The van der Waals surface area contributed by atoms with Gasteiger partial charge in [0.1, 0.15) is 0 Å². The molecule has 0 radical (unpaired) electrons. The fourth-order valence-corrected chi connectivity index (χ4v) is 2.59. The summed E-state index contributed by atoms with van der Waals surface area (Å²) in [5, 5.41) is 5.53. The number of hydrogen-bond donors (Lipinski definition) is 1. The first kappa shape index (κ1) is 13.7. The lowest BCUT2D eigenvalue weighted by Crippen LogP contribution is -2.20. The Morgan fingerprint density at radius 3 is 2.79 bits per heavy atom. The molecule has 19 heavy (non-hydrogen) atoms. The number of hydrogen-bond acceptors (Lipinski definition) is 3. The van der Waals surface area contributed by atoms with Crippen molar-refractivity contribution in [1.29, 1.82) is 0 Å². The molecular weight excluding hydrogens is 256 g/mol. The highest BCUT2D eigenvalue weighted by Gasteiger charge is 2.13. The van der Waals surface area contributed by atoms with E-state index in [1.165, 1.54) is 11.3 Å². The summed E-state index contributed by atoms with van der Waals surface area (Å²) in [7, 11) is 0. The van der Waals surface area contributed by atoms with Crippen LogP contribution in [0.3, 0.4) is 0 Å². The second-order valence-corrected chi connectivity index (χ2v) is 5.44. The van der Waals surface area contributed by atoms with Crippen LogP contribution in [-0.2, 0) is 4.79 Å². The van der Waals surface area contributed by atoms with Crippen LogP contribution in [0.1, 0.15) is 26.7 Å². The number of rotatable bonds is 5. The van der Waals surface area contributed by atoms with E-state index in [0.29, 0.717) is 5.13 Å². The molecule has 3 nitrogen and oxygen atoms in total. The van der Waals surface area contributed by atoms with Crippen molar-refractivity contribution in [2.75, 3.05) is 5.32 Å². The minimum Gasteiger partial charge on any atom is -0.302 e. The summed E-state index contributed by atoms with van der Waals surface area (Å²) >= 11 is 1.47. The zero-order valence-corrected chi connectivity index (χ0v) is 12.0. The van der Waals surface area contributed by atoms with Gasteiger partial charge in [0.15, 0.2) is 5.13 Å². The molecule has 1 N–H and O–H groups in total. The Balaban J connectivity index is 2.04. The van der Waals surface area contributed by atoms with Crippen LogP contribution in [0, 0.1) is 5.92 Å². The van der Waals surface area contributed by atoms with Gasteiger partial charge < -0.3 is 5.32 Å². The zero-order valence-electron chi connectivity index (χ0n) is 11.2. The first-order valence-corrected chi connectivity index (χ1v) is 7.40. The predicted molar refractivity (Wildman–Crippen MR) is 80.3 cm³/mol. The van der Waals surface area contributed by atoms with Crippen LogP contribution in [-0.4, -0.2) is 10.9 Å². The summed E-state index contributed by atoms with van der Waals surface area (Å²) < 4.78 is 0. The van der Waals surface area contributed by atoms with Gasteiger partial charge in [-0.1, -0.05) is 50.6 Å². The molecule has 0 bridgehead atoms. The first-order valence-electron chi connectivity index (χ1n) is 6.52. The van der Waals surface area contributed by atoms with Crippen LogP contribution in [0.4, 0.5) is 5.13 Å². The van der Waals surface area contributed by atoms with E-state index in [1.54, 1.807) is 0 Å². The Labute approximate surface area is 117 Å². The third-order valence-electron chi connectivity index (χ3n) is 2.97. The van der Waals surface area contributed by atoms with Gasteiger partial charge in [0, 0.05) is 16.9 Å². The van der Waals surface area contributed by atoms with Gasteiger partial charge in [0.05, 0.1) is 5.69 Å². The summed E-state index contributed by atoms with van der Waals surface area (Å²) in [6, 6.07) is 9.97. The van der Waals surface area contributed by atoms with E-state index in [4.69, 9.17) is 0 Å². The average molecular weight is 274 g/mol. The standard InChI is InChI=1S/C15H18N2OS/c1-3-7-11(2)14(18)17-15-16-13(10-19-15)12-8-5-4-6-9-12/h4-6,8-11H,3,7H2,1-2H3,(H,16,17,18)/t11-/m0/s1. The summed E-state index contributed by atoms with van der Waals surface area (Å²) in [4.78, 5) is 16.4. The quantitative estimate of drug-likeness (QED) is 0.888. The molecule has 0 spiro atoms. The van der Waals surface area contributed by atoms with Crippen LogP contribution in [0.5, 0.6) is 0 Å². The van der Waals surface area contributed by atoms with Gasteiger partial charge in [0.2, 0.25) is 5.91 Å². The van der Waals surface area contributed by atoms with Crippen molar-refractivity contribution in [2.45, 2.75) is 26.7 Å². The molecule has 0 aliphatic rings. The second kappa shape index (κ2) is 6.48. The summed E-state index contributed by atoms with van der Waals surface area (Å²) in [5.41, 5.74) is 1.98. The molecule has 100 valence electrons. The minimum atomic E-state index is 0.0362. The number of amides is 1. The highest BCUT2D eigenvalue weighted by atomic mass is 32.1. The maximum atomic E-state index is 11.9. The van der Waals surface area contributed by atoms with E-state index in [0.717, 1.165) is 24.1 Å². The van der Waals surface area contributed by atoms with E-state index in [9.17, 15) is 4.79 Å². The van der Waals surface area contributed by atoms with Gasteiger partial charge in [-0.05, 0) is 6.42 Å². The van der Waals surface area contributed by atoms with Crippen LogP contribution in [0.15, 0.2) is 35.7 Å². The van der Waals surface area contributed by atoms with Gasteiger partial charge in [-0.25, -0.2) is 4.98 Å². The number of nitrogens with one attached hydrogen (secondary N) is 1. The summed E-state index contributed by atoms with van der Waals surface area (Å²) in [6.07, 6.45) is 1.92. The van der Waals surface area contributed by atoms with Gasteiger partial charge in [-0.15, -0.1) is 11.3 Å². The van der Waals surface area contributed by atoms with Gasteiger partial charge in [-0.2, -0.15) is 0 Å². The topological polar surface area (TPSA) is 42.0 Å².